The van der Waals surface area contributed by atoms with E-state index in [1.807, 2.05) is 47.6 Å². The van der Waals surface area contributed by atoms with Gasteiger partial charge in [-0.2, -0.15) is 11.8 Å². The summed E-state index contributed by atoms with van der Waals surface area (Å²) in [6.07, 6.45) is 2.12. The third kappa shape index (κ3) is 2.67. The van der Waals surface area contributed by atoms with Gasteiger partial charge in [0.05, 0.1) is 0 Å². The van der Waals surface area contributed by atoms with Crippen LogP contribution in [0, 0.1) is 0 Å². The molecule has 0 saturated carbocycles. The summed E-state index contributed by atoms with van der Waals surface area (Å²) in [5.74, 6) is 2.28. The van der Waals surface area contributed by atoms with Crippen molar-refractivity contribution in [1.29, 1.82) is 0 Å². The number of fused-ring (bicyclic) bond motifs is 1. The second kappa shape index (κ2) is 5.70. The van der Waals surface area contributed by atoms with Crippen LogP contribution in [-0.2, 0) is 7.05 Å². The number of carbonyl (C=O) groups is 1. The zero-order chi connectivity index (χ0) is 14.1. The molecular weight excluding hydrogens is 292 g/mol. The Kier molecular flexibility index (Phi) is 3.94. The van der Waals surface area contributed by atoms with Gasteiger partial charge in [-0.3, -0.25) is 4.79 Å². The summed E-state index contributed by atoms with van der Waals surface area (Å²) >= 11 is 7.98. The molecule has 5 heteroatoms. The number of carbonyl (C=O) groups excluding carboxylic acids is 1. The van der Waals surface area contributed by atoms with E-state index in [4.69, 9.17) is 11.6 Å². The Morgan fingerprint density at radius 3 is 2.85 bits per heavy atom. The molecule has 1 saturated heterocycles. The third-order valence-electron chi connectivity index (χ3n) is 3.80. The SMILES string of the molecule is Cn1c(C(=O)NC2CCSCC2)cc2ccc(Cl)cc21. The lowest BCUT2D eigenvalue weighted by molar-refractivity contribution is 0.0927. The molecule has 20 heavy (non-hydrogen) atoms. The van der Waals surface area contributed by atoms with E-state index in [0.717, 1.165) is 35.3 Å². The molecule has 2 aromatic rings. The standard InChI is InChI=1S/C15H17ClN2OS/c1-18-13-9-11(16)3-2-10(13)8-14(18)15(19)17-12-4-6-20-7-5-12/h2-3,8-9,12H,4-7H2,1H3,(H,17,19). The Bertz CT molecular complexity index is 647. The van der Waals surface area contributed by atoms with Crippen molar-refractivity contribution in [1.82, 2.24) is 9.88 Å². The number of halogens is 1. The highest BCUT2D eigenvalue weighted by atomic mass is 35.5. The molecule has 1 aliphatic rings. The fourth-order valence-electron chi connectivity index (χ4n) is 2.62. The Balaban J connectivity index is 1.85. The first-order chi connectivity index (χ1) is 9.65. The molecule has 1 N–H and O–H groups in total. The van der Waals surface area contributed by atoms with Crippen LogP contribution in [0.4, 0.5) is 0 Å². The molecule has 1 aromatic heterocycles. The average Bonchev–Trinajstić information content (AvgIpc) is 2.77. The van der Waals surface area contributed by atoms with Gasteiger partial charge in [-0.25, -0.2) is 0 Å². The summed E-state index contributed by atoms with van der Waals surface area (Å²) in [5, 5.41) is 4.88. The number of aryl methyl sites for hydroxylation is 1. The van der Waals surface area contributed by atoms with Gasteiger partial charge in [-0.1, -0.05) is 17.7 Å². The second-order valence-electron chi connectivity index (χ2n) is 5.15. The molecule has 0 radical (unpaired) electrons. The first kappa shape index (κ1) is 13.8. The summed E-state index contributed by atoms with van der Waals surface area (Å²) in [4.78, 5) is 12.4. The number of rotatable bonds is 2. The zero-order valence-corrected chi connectivity index (χ0v) is 12.9. The normalized spacial score (nSPS) is 16.5. The Labute approximate surface area is 127 Å². The van der Waals surface area contributed by atoms with Crippen molar-refractivity contribution in [3.63, 3.8) is 0 Å². The lowest BCUT2D eigenvalue weighted by Crippen LogP contribution is -2.38. The largest absolute Gasteiger partial charge is 0.348 e. The average molecular weight is 309 g/mol. The fraction of sp³-hybridized carbons (Fsp3) is 0.400. The molecule has 3 nitrogen and oxygen atoms in total. The van der Waals surface area contributed by atoms with Crippen LogP contribution >= 0.6 is 23.4 Å². The van der Waals surface area contributed by atoms with Crippen LogP contribution in [0.3, 0.4) is 0 Å². The van der Waals surface area contributed by atoms with E-state index >= 15 is 0 Å². The van der Waals surface area contributed by atoms with Gasteiger partial charge in [0.15, 0.2) is 0 Å². The van der Waals surface area contributed by atoms with Crippen molar-refractivity contribution in [2.75, 3.05) is 11.5 Å². The number of benzene rings is 1. The number of nitrogens with zero attached hydrogens (tertiary/aromatic N) is 1. The van der Waals surface area contributed by atoms with E-state index in [9.17, 15) is 4.79 Å². The van der Waals surface area contributed by atoms with Crippen molar-refractivity contribution in [3.8, 4) is 0 Å². The molecular formula is C15H17ClN2OS. The van der Waals surface area contributed by atoms with Crippen molar-refractivity contribution in [2.24, 2.45) is 7.05 Å². The van der Waals surface area contributed by atoms with Gasteiger partial charge in [-0.05, 0) is 42.5 Å². The molecule has 1 aromatic carbocycles. The highest BCUT2D eigenvalue weighted by Crippen LogP contribution is 2.23. The van der Waals surface area contributed by atoms with Crippen LogP contribution in [0.5, 0.6) is 0 Å². The van der Waals surface area contributed by atoms with Crippen LogP contribution in [0.25, 0.3) is 10.9 Å². The number of hydrogen-bond donors (Lipinski definition) is 1. The van der Waals surface area contributed by atoms with E-state index in [0.29, 0.717) is 16.8 Å². The van der Waals surface area contributed by atoms with Crippen molar-refractivity contribution < 1.29 is 4.79 Å². The Morgan fingerprint density at radius 2 is 2.10 bits per heavy atom. The first-order valence-electron chi connectivity index (χ1n) is 6.79. The predicted octanol–water partition coefficient (Wildman–Crippen LogP) is 3.46. The molecule has 106 valence electrons. The molecule has 0 aliphatic carbocycles. The fourth-order valence-corrected chi connectivity index (χ4v) is 3.90. The van der Waals surface area contributed by atoms with Gasteiger partial charge in [0.1, 0.15) is 5.69 Å². The molecule has 1 amide bonds. The molecule has 0 atom stereocenters. The van der Waals surface area contributed by atoms with E-state index in [1.165, 1.54) is 0 Å². The van der Waals surface area contributed by atoms with Gasteiger partial charge in [0.25, 0.3) is 5.91 Å². The van der Waals surface area contributed by atoms with Crippen molar-refractivity contribution in [3.05, 3.63) is 35.0 Å². The minimum atomic E-state index is 0.0109. The number of amides is 1. The maximum absolute atomic E-state index is 12.4. The minimum absolute atomic E-state index is 0.0109. The molecule has 2 heterocycles. The van der Waals surface area contributed by atoms with Crippen LogP contribution in [-0.4, -0.2) is 28.0 Å². The first-order valence-corrected chi connectivity index (χ1v) is 8.32. The van der Waals surface area contributed by atoms with Crippen LogP contribution in [0.2, 0.25) is 5.02 Å². The Hall–Kier alpha value is -1.13. The summed E-state index contributed by atoms with van der Waals surface area (Å²) < 4.78 is 1.91. The summed E-state index contributed by atoms with van der Waals surface area (Å²) in [7, 11) is 1.91. The smallest absolute Gasteiger partial charge is 0.268 e. The van der Waals surface area contributed by atoms with E-state index < -0.39 is 0 Å². The van der Waals surface area contributed by atoms with E-state index in [2.05, 4.69) is 5.32 Å². The lowest BCUT2D eigenvalue weighted by atomic mass is 10.1. The molecule has 0 spiro atoms. The quantitative estimate of drug-likeness (QED) is 0.922. The van der Waals surface area contributed by atoms with E-state index in [1.54, 1.807) is 0 Å². The molecule has 0 bridgehead atoms. The van der Waals surface area contributed by atoms with Crippen molar-refractivity contribution in [2.45, 2.75) is 18.9 Å². The maximum atomic E-state index is 12.4. The summed E-state index contributed by atoms with van der Waals surface area (Å²) in [6, 6.07) is 7.93. The highest BCUT2D eigenvalue weighted by molar-refractivity contribution is 7.99. The molecule has 1 fully saturated rings. The van der Waals surface area contributed by atoms with Gasteiger partial charge in [0.2, 0.25) is 0 Å². The predicted molar refractivity (Wildman–Crippen MR) is 85.7 cm³/mol. The van der Waals surface area contributed by atoms with Gasteiger partial charge < -0.3 is 9.88 Å². The van der Waals surface area contributed by atoms with Gasteiger partial charge >= 0.3 is 0 Å². The van der Waals surface area contributed by atoms with Gasteiger partial charge in [-0.15, -0.1) is 0 Å². The number of aromatic nitrogens is 1. The second-order valence-corrected chi connectivity index (χ2v) is 6.81. The van der Waals surface area contributed by atoms with Crippen LogP contribution in [0.15, 0.2) is 24.3 Å². The maximum Gasteiger partial charge on any atom is 0.268 e. The highest BCUT2D eigenvalue weighted by Gasteiger charge is 2.19. The number of hydrogen-bond acceptors (Lipinski definition) is 2. The summed E-state index contributed by atoms with van der Waals surface area (Å²) in [6.45, 7) is 0. The molecule has 1 aliphatic heterocycles. The number of nitrogens with one attached hydrogen (secondary N) is 1. The van der Waals surface area contributed by atoms with Crippen molar-refractivity contribution >= 4 is 40.2 Å². The van der Waals surface area contributed by atoms with Crippen LogP contribution in [0.1, 0.15) is 23.3 Å². The topological polar surface area (TPSA) is 34.0 Å². The number of thioether (sulfide) groups is 1. The van der Waals surface area contributed by atoms with Gasteiger partial charge in [0, 0.05) is 29.0 Å². The minimum Gasteiger partial charge on any atom is -0.348 e. The molecule has 0 unspecified atom stereocenters. The lowest BCUT2D eigenvalue weighted by Gasteiger charge is -2.22. The monoisotopic (exact) mass is 308 g/mol. The van der Waals surface area contributed by atoms with Crippen LogP contribution < -0.4 is 5.32 Å². The Morgan fingerprint density at radius 1 is 1.35 bits per heavy atom. The third-order valence-corrected chi connectivity index (χ3v) is 5.08. The zero-order valence-electron chi connectivity index (χ0n) is 11.4. The van der Waals surface area contributed by atoms with E-state index in [-0.39, 0.29) is 5.91 Å². The molecule has 3 rings (SSSR count). The summed E-state index contributed by atoms with van der Waals surface area (Å²) in [5.41, 5.74) is 1.68.